The molecular weight excluding hydrogens is 258 g/mol. The molecule has 1 amide bonds. The van der Waals surface area contributed by atoms with Gasteiger partial charge in [0.05, 0.1) is 17.8 Å². The van der Waals surface area contributed by atoms with E-state index in [1.807, 2.05) is 0 Å². The van der Waals surface area contributed by atoms with Crippen LogP contribution in [0.15, 0.2) is 12.4 Å². The number of amides is 1. The second kappa shape index (κ2) is 6.45. The molecule has 2 rings (SSSR count). The normalized spacial score (nSPS) is 22.9. The van der Waals surface area contributed by atoms with Crippen LogP contribution in [0.2, 0.25) is 0 Å². The van der Waals surface area contributed by atoms with Crippen molar-refractivity contribution in [3.63, 3.8) is 0 Å². The van der Waals surface area contributed by atoms with Gasteiger partial charge < -0.3 is 10.4 Å². The van der Waals surface area contributed by atoms with E-state index in [1.54, 1.807) is 6.92 Å². The van der Waals surface area contributed by atoms with Crippen LogP contribution in [0, 0.1) is 12.8 Å². The maximum absolute atomic E-state index is 12.1. The lowest BCUT2D eigenvalue weighted by molar-refractivity contribution is -0.142. The Balaban J connectivity index is 2.07. The molecule has 0 unspecified atom stereocenters. The number of aromatic nitrogens is 2. The van der Waals surface area contributed by atoms with Gasteiger partial charge in [0.25, 0.3) is 5.91 Å². The molecule has 1 aromatic heterocycles. The zero-order valence-electron chi connectivity index (χ0n) is 11.5. The zero-order chi connectivity index (χ0) is 14.5. The maximum Gasteiger partial charge on any atom is 0.308 e. The van der Waals surface area contributed by atoms with Crippen molar-refractivity contribution in [1.29, 1.82) is 0 Å². The number of nitrogens with zero attached hydrogens (tertiary/aromatic N) is 2. The highest BCUT2D eigenvalue weighted by Crippen LogP contribution is 2.24. The summed E-state index contributed by atoms with van der Waals surface area (Å²) >= 11 is 0. The summed E-state index contributed by atoms with van der Waals surface area (Å²) < 4.78 is 0. The van der Waals surface area contributed by atoms with Gasteiger partial charge in [-0.25, -0.2) is 4.98 Å². The van der Waals surface area contributed by atoms with Gasteiger partial charge in [-0.3, -0.25) is 14.6 Å². The predicted molar refractivity (Wildman–Crippen MR) is 72.2 cm³/mol. The van der Waals surface area contributed by atoms with E-state index in [2.05, 4.69) is 15.3 Å². The quantitative estimate of drug-likeness (QED) is 0.818. The summed E-state index contributed by atoms with van der Waals surface area (Å²) in [7, 11) is 0. The van der Waals surface area contributed by atoms with Crippen LogP contribution in [0.5, 0.6) is 0 Å². The van der Waals surface area contributed by atoms with E-state index in [9.17, 15) is 14.7 Å². The Labute approximate surface area is 117 Å². The smallest absolute Gasteiger partial charge is 0.308 e. The highest BCUT2D eigenvalue weighted by atomic mass is 16.4. The van der Waals surface area contributed by atoms with E-state index in [0.717, 1.165) is 25.0 Å². The van der Waals surface area contributed by atoms with Crippen LogP contribution >= 0.6 is 0 Å². The summed E-state index contributed by atoms with van der Waals surface area (Å²) in [6.45, 7) is 1.79. The van der Waals surface area contributed by atoms with Gasteiger partial charge >= 0.3 is 5.97 Å². The molecule has 0 spiro atoms. The summed E-state index contributed by atoms with van der Waals surface area (Å²) in [5.41, 5.74) is 0.961. The Morgan fingerprint density at radius 3 is 2.60 bits per heavy atom. The fraction of sp³-hybridized carbons (Fsp3) is 0.571. The lowest BCUT2D eigenvalue weighted by Gasteiger charge is -2.22. The number of carboxylic acids is 1. The first-order valence-electron chi connectivity index (χ1n) is 6.90. The number of aliphatic carboxylic acids is 1. The number of hydrogen-bond acceptors (Lipinski definition) is 4. The standard InChI is InChI=1S/C14H19N3O3/c1-9-7-16-12(8-15-9)13(18)17-11-6-4-2-3-5-10(11)14(19)20/h7-8,10-11H,2-6H2,1H3,(H,17,18)(H,19,20)/t10-,11+/m1/s1. The monoisotopic (exact) mass is 277 g/mol. The Bertz CT molecular complexity index is 487. The minimum absolute atomic E-state index is 0.226. The number of aryl methyl sites for hydroxylation is 1. The number of carbonyl (C=O) groups excluding carboxylic acids is 1. The van der Waals surface area contributed by atoms with Gasteiger partial charge in [0.1, 0.15) is 5.69 Å². The van der Waals surface area contributed by atoms with Crippen LogP contribution in [0.4, 0.5) is 0 Å². The number of rotatable bonds is 3. The molecule has 6 nitrogen and oxygen atoms in total. The Morgan fingerprint density at radius 2 is 1.95 bits per heavy atom. The molecule has 20 heavy (non-hydrogen) atoms. The molecule has 2 N–H and O–H groups in total. The molecule has 108 valence electrons. The molecule has 2 atom stereocenters. The average molecular weight is 277 g/mol. The van der Waals surface area contributed by atoms with Crippen molar-refractivity contribution in [3.05, 3.63) is 23.8 Å². The van der Waals surface area contributed by atoms with Crippen molar-refractivity contribution in [2.75, 3.05) is 0 Å². The molecule has 1 fully saturated rings. The fourth-order valence-electron chi connectivity index (χ4n) is 2.53. The van der Waals surface area contributed by atoms with Crippen molar-refractivity contribution < 1.29 is 14.7 Å². The molecule has 1 aliphatic carbocycles. The molecule has 1 heterocycles. The Kier molecular flexibility index (Phi) is 4.65. The highest BCUT2D eigenvalue weighted by Gasteiger charge is 2.31. The van der Waals surface area contributed by atoms with Crippen LogP contribution in [-0.4, -0.2) is 33.0 Å². The fourth-order valence-corrected chi connectivity index (χ4v) is 2.53. The first-order valence-corrected chi connectivity index (χ1v) is 6.90. The molecule has 6 heteroatoms. The van der Waals surface area contributed by atoms with Crippen LogP contribution in [0.1, 0.15) is 48.3 Å². The third-order valence-electron chi connectivity index (χ3n) is 3.66. The minimum Gasteiger partial charge on any atom is -0.481 e. The van der Waals surface area contributed by atoms with Crippen molar-refractivity contribution in [2.24, 2.45) is 5.92 Å². The second-order valence-electron chi connectivity index (χ2n) is 5.21. The van der Waals surface area contributed by atoms with Gasteiger partial charge in [-0.2, -0.15) is 0 Å². The van der Waals surface area contributed by atoms with Crippen LogP contribution in [-0.2, 0) is 4.79 Å². The highest BCUT2D eigenvalue weighted by molar-refractivity contribution is 5.92. The van der Waals surface area contributed by atoms with Crippen LogP contribution in [0.3, 0.4) is 0 Å². The lowest BCUT2D eigenvalue weighted by atomic mass is 9.95. The predicted octanol–water partition coefficient (Wildman–Crippen LogP) is 1.55. The van der Waals surface area contributed by atoms with Crippen LogP contribution < -0.4 is 5.32 Å². The average Bonchev–Trinajstić information content (AvgIpc) is 2.65. The zero-order valence-corrected chi connectivity index (χ0v) is 11.5. The van der Waals surface area contributed by atoms with E-state index in [1.165, 1.54) is 12.4 Å². The first-order chi connectivity index (χ1) is 9.58. The van der Waals surface area contributed by atoms with E-state index in [4.69, 9.17) is 0 Å². The second-order valence-corrected chi connectivity index (χ2v) is 5.21. The SMILES string of the molecule is Cc1cnc(C(=O)N[C@H]2CCCCC[C@H]2C(=O)O)cn1. The number of hydrogen-bond donors (Lipinski definition) is 2. The van der Waals surface area contributed by atoms with Gasteiger partial charge in [0.15, 0.2) is 0 Å². The van der Waals surface area contributed by atoms with Gasteiger partial charge in [-0.15, -0.1) is 0 Å². The van der Waals surface area contributed by atoms with Crippen molar-refractivity contribution in [2.45, 2.75) is 45.1 Å². The summed E-state index contributed by atoms with van der Waals surface area (Å²) in [5.74, 6) is -1.71. The first kappa shape index (κ1) is 14.4. The summed E-state index contributed by atoms with van der Waals surface area (Å²) in [5, 5.41) is 12.1. The molecule has 0 bridgehead atoms. The van der Waals surface area contributed by atoms with Crippen molar-refractivity contribution in [1.82, 2.24) is 15.3 Å². The van der Waals surface area contributed by atoms with Gasteiger partial charge in [-0.1, -0.05) is 19.3 Å². The number of carboxylic acid groups (broad SMARTS) is 1. The number of carbonyl (C=O) groups is 2. The Hall–Kier alpha value is -1.98. The largest absolute Gasteiger partial charge is 0.481 e. The topological polar surface area (TPSA) is 92.2 Å². The van der Waals surface area contributed by atoms with E-state index in [-0.39, 0.29) is 17.6 Å². The van der Waals surface area contributed by atoms with E-state index >= 15 is 0 Å². The summed E-state index contributed by atoms with van der Waals surface area (Å²) in [6.07, 6.45) is 7.10. The van der Waals surface area contributed by atoms with Gasteiger partial charge in [0.2, 0.25) is 0 Å². The summed E-state index contributed by atoms with van der Waals surface area (Å²) in [6, 6.07) is -0.328. The van der Waals surface area contributed by atoms with Crippen molar-refractivity contribution in [3.8, 4) is 0 Å². The third-order valence-corrected chi connectivity index (χ3v) is 3.66. The Morgan fingerprint density at radius 1 is 1.20 bits per heavy atom. The molecule has 1 aliphatic rings. The molecule has 0 aromatic carbocycles. The van der Waals surface area contributed by atoms with Crippen molar-refractivity contribution >= 4 is 11.9 Å². The van der Waals surface area contributed by atoms with E-state index in [0.29, 0.717) is 12.8 Å². The van der Waals surface area contributed by atoms with Gasteiger partial charge in [-0.05, 0) is 19.8 Å². The summed E-state index contributed by atoms with van der Waals surface area (Å²) in [4.78, 5) is 31.4. The molecule has 1 aromatic rings. The molecular formula is C14H19N3O3. The van der Waals surface area contributed by atoms with E-state index < -0.39 is 11.9 Å². The van der Waals surface area contributed by atoms with Gasteiger partial charge in [0, 0.05) is 12.2 Å². The van der Waals surface area contributed by atoms with Crippen LogP contribution in [0.25, 0.3) is 0 Å². The molecule has 0 radical (unpaired) electrons. The number of nitrogens with one attached hydrogen (secondary N) is 1. The molecule has 0 saturated heterocycles. The third kappa shape index (κ3) is 3.53. The molecule has 0 aliphatic heterocycles. The maximum atomic E-state index is 12.1. The molecule has 1 saturated carbocycles. The lowest BCUT2D eigenvalue weighted by Crippen LogP contribution is -2.43. The minimum atomic E-state index is -0.841.